The van der Waals surface area contributed by atoms with Crippen molar-refractivity contribution in [3.05, 3.63) is 29.9 Å². The van der Waals surface area contributed by atoms with Gasteiger partial charge in [-0.2, -0.15) is 4.98 Å². The van der Waals surface area contributed by atoms with Crippen LogP contribution < -0.4 is 5.32 Å². The van der Waals surface area contributed by atoms with Crippen LogP contribution in [0.25, 0.3) is 0 Å². The van der Waals surface area contributed by atoms with Crippen molar-refractivity contribution in [2.75, 3.05) is 0 Å². The molecule has 2 heterocycles. The maximum Gasteiger partial charge on any atom is 0.246 e. The lowest BCUT2D eigenvalue weighted by molar-refractivity contribution is 0.364. The highest BCUT2D eigenvalue weighted by atomic mass is 16.5. The van der Waals surface area contributed by atoms with Crippen molar-refractivity contribution >= 4 is 0 Å². The summed E-state index contributed by atoms with van der Waals surface area (Å²) < 4.78 is 7.20. The molecule has 102 valence electrons. The van der Waals surface area contributed by atoms with Crippen LogP contribution in [-0.4, -0.2) is 25.7 Å². The molecule has 0 saturated heterocycles. The van der Waals surface area contributed by atoms with E-state index in [-0.39, 0.29) is 0 Å². The van der Waals surface area contributed by atoms with E-state index in [0.717, 1.165) is 18.1 Å². The minimum absolute atomic E-state index is 0.290. The van der Waals surface area contributed by atoms with Crippen LogP contribution in [0.3, 0.4) is 0 Å². The smallest absolute Gasteiger partial charge is 0.246 e. The first-order chi connectivity index (χ1) is 9.20. The highest BCUT2D eigenvalue weighted by molar-refractivity contribution is 5.00. The predicted molar refractivity (Wildman–Crippen MR) is 69.6 cm³/mol. The van der Waals surface area contributed by atoms with Crippen LogP contribution in [0, 0.1) is 0 Å². The molecule has 1 aliphatic carbocycles. The molecule has 0 atom stereocenters. The van der Waals surface area contributed by atoms with E-state index in [1.54, 1.807) is 0 Å². The summed E-state index contributed by atoms with van der Waals surface area (Å²) in [5.74, 6) is 1.67. The molecule has 6 heteroatoms. The SMILES string of the molecule is CC(C)c1noc(Cn2cnc(CNC3CC3)c2)n1. The summed E-state index contributed by atoms with van der Waals surface area (Å²) >= 11 is 0. The van der Waals surface area contributed by atoms with E-state index in [1.807, 2.05) is 30.9 Å². The van der Waals surface area contributed by atoms with Gasteiger partial charge < -0.3 is 14.4 Å². The topological polar surface area (TPSA) is 68.8 Å². The second-order valence-electron chi connectivity index (χ2n) is 5.39. The van der Waals surface area contributed by atoms with E-state index in [2.05, 4.69) is 20.4 Å². The lowest BCUT2D eigenvalue weighted by Crippen LogP contribution is -2.15. The van der Waals surface area contributed by atoms with E-state index in [4.69, 9.17) is 4.52 Å². The first-order valence-corrected chi connectivity index (χ1v) is 6.77. The summed E-state index contributed by atoms with van der Waals surface area (Å²) in [4.78, 5) is 8.72. The molecule has 1 saturated carbocycles. The van der Waals surface area contributed by atoms with E-state index in [1.165, 1.54) is 12.8 Å². The minimum Gasteiger partial charge on any atom is -0.337 e. The van der Waals surface area contributed by atoms with Crippen LogP contribution in [0.4, 0.5) is 0 Å². The van der Waals surface area contributed by atoms with Crippen molar-refractivity contribution in [3.63, 3.8) is 0 Å². The number of nitrogens with one attached hydrogen (secondary N) is 1. The van der Waals surface area contributed by atoms with E-state index < -0.39 is 0 Å². The third-order valence-electron chi connectivity index (χ3n) is 3.15. The van der Waals surface area contributed by atoms with Crippen LogP contribution >= 0.6 is 0 Å². The molecule has 0 aliphatic heterocycles. The molecule has 3 rings (SSSR count). The fourth-order valence-electron chi connectivity index (χ4n) is 1.84. The van der Waals surface area contributed by atoms with Gasteiger partial charge in [0, 0.05) is 24.7 Å². The zero-order valence-electron chi connectivity index (χ0n) is 11.3. The van der Waals surface area contributed by atoms with Gasteiger partial charge in [-0.1, -0.05) is 19.0 Å². The van der Waals surface area contributed by atoms with Gasteiger partial charge in [0.1, 0.15) is 6.54 Å². The van der Waals surface area contributed by atoms with Gasteiger partial charge in [-0.15, -0.1) is 0 Å². The molecular weight excluding hydrogens is 242 g/mol. The Kier molecular flexibility index (Phi) is 3.33. The van der Waals surface area contributed by atoms with Gasteiger partial charge >= 0.3 is 0 Å². The zero-order valence-corrected chi connectivity index (χ0v) is 11.3. The molecule has 0 aromatic carbocycles. The van der Waals surface area contributed by atoms with Crippen LogP contribution in [0.5, 0.6) is 0 Å². The standard InChI is InChI=1S/C13H19N5O/c1-9(2)13-16-12(19-17-13)7-18-6-11(15-8-18)5-14-10-3-4-10/h6,8-10,14H,3-5,7H2,1-2H3. The van der Waals surface area contributed by atoms with Crippen molar-refractivity contribution in [1.82, 2.24) is 25.0 Å². The number of imidazole rings is 1. The van der Waals surface area contributed by atoms with Gasteiger partial charge in [0.15, 0.2) is 5.82 Å². The van der Waals surface area contributed by atoms with E-state index in [9.17, 15) is 0 Å². The Morgan fingerprint density at radius 2 is 2.32 bits per heavy atom. The lowest BCUT2D eigenvalue weighted by atomic mass is 10.2. The number of aromatic nitrogens is 4. The summed E-state index contributed by atoms with van der Waals surface area (Å²) in [5, 5.41) is 7.40. The average molecular weight is 261 g/mol. The molecule has 19 heavy (non-hydrogen) atoms. The molecule has 2 aromatic rings. The first-order valence-electron chi connectivity index (χ1n) is 6.77. The van der Waals surface area contributed by atoms with Crippen molar-refractivity contribution in [1.29, 1.82) is 0 Å². The molecule has 0 radical (unpaired) electrons. The quantitative estimate of drug-likeness (QED) is 0.857. The van der Waals surface area contributed by atoms with Gasteiger partial charge in [-0.25, -0.2) is 4.98 Å². The maximum atomic E-state index is 5.22. The number of hydrogen-bond acceptors (Lipinski definition) is 5. The maximum absolute atomic E-state index is 5.22. The summed E-state index contributed by atoms with van der Waals surface area (Å²) in [7, 11) is 0. The lowest BCUT2D eigenvalue weighted by Gasteiger charge is -1.98. The Labute approximate surface area is 112 Å². The minimum atomic E-state index is 0.290. The fraction of sp³-hybridized carbons (Fsp3) is 0.615. The Morgan fingerprint density at radius 1 is 1.47 bits per heavy atom. The zero-order chi connectivity index (χ0) is 13.2. The van der Waals surface area contributed by atoms with Gasteiger partial charge in [-0.05, 0) is 12.8 Å². The summed E-state index contributed by atoms with van der Waals surface area (Å²) in [5.41, 5.74) is 1.05. The second-order valence-corrected chi connectivity index (χ2v) is 5.39. The molecule has 0 amide bonds. The van der Waals surface area contributed by atoms with Gasteiger partial charge in [0.2, 0.25) is 5.89 Å². The highest BCUT2D eigenvalue weighted by Gasteiger charge is 2.20. The molecule has 1 aliphatic rings. The van der Waals surface area contributed by atoms with Crippen molar-refractivity contribution in [2.45, 2.75) is 51.7 Å². The fourth-order valence-corrected chi connectivity index (χ4v) is 1.84. The molecule has 0 bridgehead atoms. The van der Waals surface area contributed by atoms with Gasteiger partial charge in [0.05, 0.1) is 12.0 Å². The van der Waals surface area contributed by atoms with Gasteiger partial charge in [-0.3, -0.25) is 0 Å². The number of nitrogens with zero attached hydrogens (tertiary/aromatic N) is 4. The third-order valence-corrected chi connectivity index (χ3v) is 3.15. The third kappa shape index (κ3) is 3.20. The number of rotatable bonds is 6. The molecular formula is C13H19N5O. The van der Waals surface area contributed by atoms with Crippen molar-refractivity contribution < 1.29 is 4.52 Å². The summed E-state index contributed by atoms with van der Waals surface area (Å²) in [6, 6.07) is 0.703. The molecule has 0 spiro atoms. The normalized spacial score (nSPS) is 15.3. The molecule has 6 nitrogen and oxygen atoms in total. The van der Waals surface area contributed by atoms with E-state index in [0.29, 0.717) is 24.4 Å². The van der Waals surface area contributed by atoms with Crippen LogP contribution in [0.2, 0.25) is 0 Å². The van der Waals surface area contributed by atoms with Crippen LogP contribution in [0.15, 0.2) is 17.0 Å². The van der Waals surface area contributed by atoms with Crippen LogP contribution in [0.1, 0.15) is 50.0 Å². The largest absolute Gasteiger partial charge is 0.337 e. The van der Waals surface area contributed by atoms with Crippen molar-refractivity contribution in [2.24, 2.45) is 0 Å². The number of hydrogen-bond donors (Lipinski definition) is 1. The summed E-state index contributed by atoms with van der Waals surface area (Å²) in [6.45, 7) is 5.51. The Hall–Kier alpha value is -1.69. The first kappa shape index (κ1) is 12.3. The Morgan fingerprint density at radius 3 is 3.00 bits per heavy atom. The van der Waals surface area contributed by atoms with Crippen molar-refractivity contribution in [3.8, 4) is 0 Å². The highest BCUT2D eigenvalue weighted by Crippen LogP contribution is 2.19. The second kappa shape index (κ2) is 5.13. The predicted octanol–water partition coefficient (Wildman–Crippen LogP) is 1.69. The molecule has 2 aromatic heterocycles. The molecule has 1 fully saturated rings. The van der Waals surface area contributed by atoms with Gasteiger partial charge in [0.25, 0.3) is 0 Å². The molecule has 1 N–H and O–H groups in total. The Bertz CT molecular complexity index is 541. The van der Waals surface area contributed by atoms with E-state index >= 15 is 0 Å². The summed E-state index contributed by atoms with van der Waals surface area (Å²) in [6.07, 6.45) is 6.42. The molecule has 0 unspecified atom stereocenters. The van der Waals surface area contributed by atoms with Crippen LogP contribution in [-0.2, 0) is 13.1 Å². The Balaban J connectivity index is 1.58. The monoisotopic (exact) mass is 261 g/mol. The average Bonchev–Trinajstić information content (AvgIpc) is 2.91.